The predicted molar refractivity (Wildman–Crippen MR) is 216 cm³/mol. The number of fused-ring (bicyclic) bond motifs is 1. The highest BCUT2D eigenvalue weighted by Gasteiger charge is 2.32. The molecule has 8 rings (SSSR count). The van der Waals surface area contributed by atoms with Crippen LogP contribution in [0.3, 0.4) is 0 Å². The van der Waals surface area contributed by atoms with Crippen molar-refractivity contribution in [2.75, 3.05) is 31.5 Å². The number of hydrogen-bond donors (Lipinski definition) is 3. The van der Waals surface area contributed by atoms with Gasteiger partial charge in [-0.3, -0.25) is 4.79 Å². The lowest BCUT2D eigenvalue weighted by Crippen LogP contribution is -2.36. The maximum absolute atomic E-state index is 14.1. The van der Waals surface area contributed by atoms with E-state index in [1.165, 1.54) is 4.90 Å². The van der Waals surface area contributed by atoms with Crippen LogP contribution in [0.25, 0.3) is 43.7 Å². The van der Waals surface area contributed by atoms with E-state index in [1.807, 2.05) is 74.7 Å². The smallest absolute Gasteiger partial charge is 0.410 e. The highest BCUT2D eigenvalue weighted by Crippen LogP contribution is 2.38. The molecule has 6 aromatic rings. The number of ether oxygens (including phenoxy) is 3. The van der Waals surface area contributed by atoms with Crippen molar-refractivity contribution in [3.63, 3.8) is 0 Å². The molecule has 3 amide bonds. The number of thiophene rings is 1. The molecule has 0 aliphatic carbocycles. The average molecular weight is 788 g/mol. The van der Waals surface area contributed by atoms with Crippen LogP contribution < -0.4 is 14.8 Å². The molecule has 14 nitrogen and oxygen atoms in total. The number of H-pyrrole nitrogens is 1. The zero-order valence-electron chi connectivity index (χ0n) is 31.6. The number of benzene rings is 4. The Morgan fingerprint density at radius 2 is 1.53 bits per heavy atom. The van der Waals surface area contributed by atoms with Gasteiger partial charge < -0.3 is 34.4 Å². The van der Waals surface area contributed by atoms with Crippen molar-refractivity contribution in [1.29, 1.82) is 0 Å². The normalized spacial score (nSPS) is 16.8. The molecule has 2 atom stereocenters. The molecule has 0 saturated carbocycles. The standard InChI is InChI=1S/C42H41N7O7S/c1-42(2,3)56-41(53)49-17-14-32(24-49)55-35-11-9-29(20-33(35)27-8-7-25-15-18-57-37(25)21-27)39(50)43-30-10-12-36(54-31-13-16-48(23-31)40(51)52)34(22-30)26-5-4-6-28(19-26)38-44-46-47-45-38/h4-12,15,18-22,31-32H,13-14,16-17,23-24H2,1-3H3,(H,43,50)(H,51,52)(H,44,45,46,47)/t31-,32+/m1/s1. The minimum absolute atomic E-state index is 0.250. The minimum Gasteiger partial charge on any atom is -0.488 e. The van der Waals surface area contributed by atoms with Crippen molar-refractivity contribution in [3.05, 3.63) is 95.9 Å². The van der Waals surface area contributed by atoms with E-state index in [9.17, 15) is 19.5 Å². The Morgan fingerprint density at radius 3 is 2.25 bits per heavy atom. The third-order valence-electron chi connectivity index (χ3n) is 9.82. The number of amides is 3. The summed E-state index contributed by atoms with van der Waals surface area (Å²) in [4.78, 5) is 41.4. The van der Waals surface area contributed by atoms with E-state index < -0.39 is 11.7 Å². The molecule has 2 saturated heterocycles. The zero-order chi connectivity index (χ0) is 39.7. The Kier molecular flexibility index (Phi) is 10.2. The fraction of sp³-hybridized carbons (Fsp3) is 0.286. The van der Waals surface area contributed by atoms with Crippen molar-refractivity contribution in [2.24, 2.45) is 0 Å². The van der Waals surface area contributed by atoms with Gasteiger partial charge in [0.1, 0.15) is 29.3 Å². The van der Waals surface area contributed by atoms with E-state index in [-0.39, 0.29) is 30.8 Å². The number of carboxylic acid groups (broad SMARTS) is 1. The van der Waals surface area contributed by atoms with E-state index in [4.69, 9.17) is 14.2 Å². The van der Waals surface area contributed by atoms with Crippen LogP contribution >= 0.6 is 11.3 Å². The molecule has 2 aromatic heterocycles. The van der Waals surface area contributed by atoms with Crippen molar-refractivity contribution in [1.82, 2.24) is 30.4 Å². The molecule has 0 unspecified atom stereocenters. The number of anilines is 1. The van der Waals surface area contributed by atoms with Gasteiger partial charge in [0, 0.05) is 58.6 Å². The number of carbonyl (C=O) groups excluding carboxylic acids is 2. The number of tetrazole rings is 1. The first-order valence-electron chi connectivity index (χ1n) is 18.7. The second-order valence-electron chi connectivity index (χ2n) is 15.1. The minimum atomic E-state index is -0.981. The summed E-state index contributed by atoms with van der Waals surface area (Å²) in [6.45, 7) is 7.08. The summed E-state index contributed by atoms with van der Waals surface area (Å²) in [5.74, 6) is 1.24. The molecule has 3 N–H and O–H groups in total. The van der Waals surface area contributed by atoms with E-state index in [1.54, 1.807) is 34.4 Å². The van der Waals surface area contributed by atoms with Crippen LogP contribution in [0.4, 0.5) is 15.3 Å². The quantitative estimate of drug-likeness (QED) is 0.130. The summed E-state index contributed by atoms with van der Waals surface area (Å²) >= 11 is 1.64. The van der Waals surface area contributed by atoms with Gasteiger partial charge in [-0.1, -0.05) is 30.3 Å². The highest BCUT2D eigenvalue weighted by atomic mass is 32.1. The summed E-state index contributed by atoms with van der Waals surface area (Å²) < 4.78 is 19.7. The van der Waals surface area contributed by atoms with E-state index >= 15 is 0 Å². The van der Waals surface area contributed by atoms with Gasteiger partial charge in [-0.2, -0.15) is 5.21 Å². The van der Waals surface area contributed by atoms with Gasteiger partial charge in [-0.05, 0) is 102 Å². The van der Waals surface area contributed by atoms with Crippen molar-refractivity contribution < 1.29 is 33.7 Å². The molecule has 292 valence electrons. The third kappa shape index (κ3) is 8.53. The van der Waals surface area contributed by atoms with Crippen LogP contribution in [-0.2, 0) is 4.74 Å². The lowest BCUT2D eigenvalue weighted by Gasteiger charge is -2.24. The third-order valence-corrected chi connectivity index (χ3v) is 10.7. The fourth-order valence-electron chi connectivity index (χ4n) is 7.05. The van der Waals surface area contributed by atoms with Crippen LogP contribution in [-0.4, -0.2) is 97.6 Å². The van der Waals surface area contributed by atoms with Gasteiger partial charge in [0.25, 0.3) is 5.91 Å². The molecule has 15 heteroatoms. The predicted octanol–water partition coefficient (Wildman–Crippen LogP) is 8.19. The molecule has 57 heavy (non-hydrogen) atoms. The first-order chi connectivity index (χ1) is 27.5. The SMILES string of the molecule is CC(C)(C)OC(=O)N1CC[C@H](Oc2ccc(C(=O)Nc3ccc(O[C@@H]4CCN(C(=O)O)C4)c(-c4cccc(-c5nn[nH]n5)c4)c3)cc2-c2ccc3ccsc3c2)C1. The first-order valence-corrected chi connectivity index (χ1v) is 19.5. The summed E-state index contributed by atoms with van der Waals surface area (Å²) in [5.41, 5.74) is 4.20. The highest BCUT2D eigenvalue weighted by molar-refractivity contribution is 7.17. The van der Waals surface area contributed by atoms with Gasteiger partial charge in [0.15, 0.2) is 0 Å². The van der Waals surface area contributed by atoms with Crippen LogP contribution in [0.2, 0.25) is 0 Å². The van der Waals surface area contributed by atoms with Gasteiger partial charge >= 0.3 is 12.2 Å². The van der Waals surface area contributed by atoms with E-state index in [0.29, 0.717) is 66.6 Å². The number of aromatic nitrogens is 4. The Labute approximate surface area is 332 Å². The molecule has 0 spiro atoms. The molecular weight excluding hydrogens is 747 g/mol. The van der Waals surface area contributed by atoms with Gasteiger partial charge in [-0.25, -0.2) is 9.59 Å². The van der Waals surface area contributed by atoms with Crippen molar-refractivity contribution >= 4 is 45.2 Å². The zero-order valence-corrected chi connectivity index (χ0v) is 32.4. The van der Waals surface area contributed by atoms with Crippen LogP contribution in [0.5, 0.6) is 11.5 Å². The molecule has 4 aromatic carbocycles. The second kappa shape index (κ2) is 15.6. The lowest BCUT2D eigenvalue weighted by molar-refractivity contribution is 0.0275. The molecule has 0 radical (unpaired) electrons. The molecule has 4 heterocycles. The van der Waals surface area contributed by atoms with Gasteiger partial charge in [-0.15, -0.1) is 21.5 Å². The summed E-state index contributed by atoms with van der Waals surface area (Å²) in [7, 11) is 0. The Hall–Kier alpha value is -6.48. The molecule has 2 fully saturated rings. The topological polar surface area (TPSA) is 172 Å². The van der Waals surface area contributed by atoms with Gasteiger partial charge in [0.05, 0.1) is 13.1 Å². The maximum Gasteiger partial charge on any atom is 0.410 e. The summed E-state index contributed by atoms with van der Waals surface area (Å²) in [5, 5.41) is 30.1. The Morgan fingerprint density at radius 1 is 0.825 bits per heavy atom. The van der Waals surface area contributed by atoms with E-state index in [2.05, 4.69) is 44.1 Å². The number of carbonyl (C=O) groups is 3. The second-order valence-corrected chi connectivity index (χ2v) is 16.0. The van der Waals surface area contributed by atoms with Crippen LogP contribution in [0.15, 0.2) is 90.3 Å². The number of likely N-dealkylation sites (tertiary alicyclic amines) is 2. The van der Waals surface area contributed by atoms with Crippen LogP contribution in [0, 0.1) is 0 Å². The number of nitrogens with one attached hydrogen (secondary N) is 2. The maximum atomic E-state index is 14.1. The van der Waals surface area contributed by atoms with Crippen molar-refractivity contribution in [2.45, 2.75) is 51.4 Å². The lowest BCUT2D eigenvalue weighted by atomic mass is 10.00. The number of aromatic amines is 1. The number of hydrogen-bond acceptors (Lipinski definition) is 10. The molecular formula is C42H41N7O7S. The van der Waals surface area contributed by atoms with Crippen LogP contribution in [0.1, 0.15) is 44.0 Å². The Balaban J connectivity index is 1.08. The molecule has 0 bridgehead atoms. The monoisotopic (exact) mass is 787 g/mol. The molecule has 2 aliphatic heterocycles. The van der Waals surface area contributed by atoms with Crippen molar-refractivity contribution in [3.8, 4) is 45.1 Å². The first kappa shape index (κ1) is 37.4. The fourth-order valence-corrected chi connectivity index (χ4v) is 7.87. The van der Waals surface area contributed by atoms with E-state index in [0.717, 1.165) is 32.3 Å². The number of rotatable bonds is 9. The number of nitrogens with zero attached hydrogens (tertiary/aromatic N) is 5. The van der Waals surface area contributed by atoms with Gasteiger partial charge in [0.2, 0.25) is 5.82 Å². The largest absolute Gasteiger partial charge is 0.488 e. The average Bonchev–Trinajstić information content (AvgIpc) is 4.03. The Bertz CT molecular complexity index is 2450. The summed E-state index contributed by atoms with van der Waals surface area (Å²) in [6.07, 6.45) is -0.741. The molecule has 2 aliphatic rings. The summed E-state index contributed by atoms with van der Waals surface area (Å²) in [6, 6.07) is 26.6.